The van der Waals surface area contributed by atoms with E-state index in [4.69, 9.17) is 0 Å². The highest BCUT2D eigenvalue weighted by atomic mass is 16.2. The third kappa shape index (κ3) is 3.24. The van der Waals surface area contributed by atoms with Gasteiger partial charge in [0.2, 0.25) is 11.8 Å². The first-order valence-electron chi connectivity index (χ1n) is 9.56. The monoisotopic (exact) mass is 366 g/mol. The molecule has 2 atom stereocenters. The molecule has 27 heavy (non-hydrogen) atoms. The minimum absolute atomic E-state index is 0.0207. The molecule has 0 spiro atoms. The Labute approximate surface area is 159 Å². The number of aromatic nitrogens is 1. The van der Waals surface area contributed by atoms with E-state index in [-0.39, 0.29) is 30.3 Å². The topological polar surface area (TPSA) is 56.8 Å². The van der Waals surface area contributed by atoms with E-state index in [2.05, 4.69) is 22.0 Å². The van der Waals surface area contributed by atoms with Crippen LogP contribution in [0.2, 0.25) is 0 Å². The number of carbonyl (C=O) groups excluding carboxylic acids is 2. The first-order valence-corrected chi connectivity index (χ1v) is 9.56. The van der Waals surface area contributed by atoms with Crippen LogP contribution in [0.25, 0.3) is 10.9 Å². The van der Waals surface area contributed by atoms with Gasteiger partial charge in [-0.2, -0.15) is 0 Å². The first kappa shape index (κ1) is 17.8. The molecular formula is C21H26N4O2. The normalized spacial score (nSPS) is 22.3. The molecule has 142 valence electrons. The van der Waals surface area contributed by atoms with Crippen LogP contribution in [-0.4, -0.2) is 66.4 Å². The van der Waals surface area contributed by atoms with Crippen molar-refractivity contribution in [2.24, 2.45) is 5.92 Å². The molecule has 2 bridgehead atoms. The summed E-state index contributed by atoms with van der Waals surface area (Å²) in [6.45, 7) is 3.65. The molecule has 5 rings (SSSR count). The van der Waals surface area contributed by atoms with Gasteiger partial charge in [0.25, 0.3) is 0 Å². The van der Waals surface area contributed by atoms with Gasteiger partial charge in [-0.3, -0.25) is 14.6 Å². The highest BCUT2D eigenvalue weighted by Gasteiger charge is 2.41. The van der Waals surface area contributed by atoms with E-state index in [9.17, 15) is 9.59 Å². The van der Waals surface area contributed by atoms with Crippen LogP contribution in [0.5, 0.6) is 0 Å². The maximum absolute atomic E-state index is 13.0. The van der Waals surface area contributed by atoms with Gasteiger partial charge in [0.15, 0.2) is 0 Å². The number of benzene rings is 1. The molecule has 0 radical (unpaired) electrons. The number of nitrogens with zero attached hydrogens (tertiary/aromatic N) is 4. The lowest BCUT2D eigenvalue weighted by molar-refractivity contribution is -0.145. The van der Waals surface area contributed by atoms with Crippen LogP contribution < -0.4 is 4.90 Å². The van der Waals surface area contributed by atoms with Crippen LogP contribution in [0, 0.1) is 12.8 Å². The molecule has 0 N–H and O–H groups in total. The number of anilines is 1. The molecular weight excluding hydrogens is 340 g/mol. The predicted octanol–water partition coefficient (Wildman–Crippen LogP) is 2.06. The Morgan fingerprint density at radius 2 is 2.00 bits per heavy atom. The quantitative estimate of drug-likeness (QED) is 0.834. The zero-order valence-corrected chi connectivity index (χ0v) is 16.2. The van der Waals surface area contributed by atoms with Gasteiger partial charge in [0, 0.05) is 50.0 Å². The largest absolute Gasteiger partial charge is 0.368 e. The van der Waals surface area contributed by atoms with E-state index in [0.717, 1.165) is 41.7 Å². The fourth-order valence-corrected chi connectivity index (χ4v) is 4.28. The summed E-state index contributed by atoms with van der Waals surface area (Å²) in [6, 6.07) is 10.4. The Hall–Kier alpha value is -2.63. The highest BCUT2D eigenvalue weighted by molar-refractivity contribution is 5.93. The number of amides is 2. The molecule has 3 saturated heterocycles. The van der Waals surface area contributed by atoms with E-state index in [0.29, 0.717) is 6.54 Å². The number of hydrogen-bond donors (Lipinski definition) is 0. The molecule has 2 amide bonds. The van der Waals surface area contributed by atoms with Crippen LogP contribution in [0.15, 0.2) is 30.3 Å². The molecule has 0 aliphatic carbocycles. The second kappa shape index (κ2) is 6.83. The maximum Gasteiger partial charge on any atom is 0.241 e. The number of piperidine rings is 1. The number of aryl methyl sites for hydroxylation is 1. The van der Waals surface area contributed by atoms with Gasteiger partial charge >= 0.3 is 0 Å². The predicted molar refractivity (Wildman–Crippen MR) is 106 cm³/mol. The van der Waals surface area contributed by atoms with Crippen molar-refractivity contribution in [1.82, 2.24) is 14.8 Å². The Morgan fingerprint density at radius 3 is 2.78 bits per heavy atom. The lowest BCUT2D eigenvalue weighted by Crippen LogP contribution is -2.51. The van der Waals surface area contributed by atoms with Crippen LogP contribution >= 0.6 is 0 Å². The SMILES string of the molecule is Cc1cc(N2C[C@@H]3CC[C@H](C2)N(CC(=O)N(C)C)C3=O)c2ccccc2n1. The van der Waals surface area contributed by atoms with Crippen molar-refractivity contribution in [2.75, 3.05) is 38.6 Å². The lowest BCUT2D eigenvalue weighted by Gasteiger charge is -2.36. The molecule has 3 aliphatic rings. The summed E-state index contributed by atoms with van der Waals surface area (Å²) in [5, 5.41) is 1.12. The Balaban J connectivity index is 1.68. The molecule has 6 heteroatoms. The molecule has 0 saturated carbocycles. The first-order chi connectivity index (χ1) is 12.9. The molecule has 3 aliphatic heterocycles. The van der Waals surface area contributed by atoms with E-state index >= 15 is 0 Å². The third-order valence-corrected chi connectivity index (χ3v) is 5.76. The number of pyridine rings is 1. The van der Waals surface area contributed by atoms with Crippen molar-refractivity contribution >= 4 is 28.4 Å². The summed E-state index contributed by atoms with van der Waals surface area (Å²) < 4.78 is 0. The second-order valence-corrected chi connectivity index (χ2v) is 7.89. The van der Waals surface area contributed by atoms with Crippen LogP contribution in [0.4, 0.5) is 5.69 Å². The van der Waals surface area contributed by atoms with E-state index in [1.165, 1.54) is 0 Å². The Morgan fingerprint density at radius 1 is 1.22 bits per heavy atom. The minimum atomic E-state index is -0.0501. The molecule has 2 aromatic rings. The Bertz CT molecular complexity index is 895. The van der Waals surface area contributed by atoms with E-state index < -0.39 is 0 Å². The molecule has 4 heterocycles. The van der Waals surface area contributed by atoms with Crippen molar-refractivity contribution in [3.8, 4) is 0 Å². The van der Waals surface area contributed by atoms with Crippen molar-refractivity contribution in [1.29, 1.82) is 0 Å². The number of fused-ring (bicyclic) bond motifs is 5. The van der Waals surface area contributed by atoms with Gasteiger partial charge in [-0.05, 0) is 31.9 Å². The maximum atomic E-state index is 13.0. The number of rotatable bonds is 3. The van der Waals surface area contributed by atoms with Gasteiger partial charge in [0.1, 0.15) is 6.54 Å². The van der Waals surface area contributed by atoms with Gasteiger partial charge in [0.05, 0.1) is 11.4 Å². The Kier molecular flexibility index (Phi) is 4.50. The molecule has 3 fully saturated rings. The van der Waals surface area contributed by atoms with E-state index in [1.807, 2.05) is 30.0 Å². The average Bonchev–Trinajstić information content (AvgIpc) is 2.93. The smallest absolute Gasteiger partial charge is 0.241 e. The van der Waals surface area contributed by atoms with Crippen molar-refractivity contribution in [3.63, 3.8) is 0 Å². The lowest BCUT2D eigenvalue weighted by atomic mass is 9.94. The average molecular weight is 366 g/mol. The van der Waals surface area contributed by atoms with Gasteiger partial charge < -0.3 is 14.7 Å². The highest BCUT2D eigenvalue weighted by Crippen LogP contribution is 2.34. The summed E-state index contributed by atoms with van der Waals surface area (Å²) in [4.78, 5) is 35.6. The molecule has 0 unspecified atom stereocenters. The summed E-state index contributed by atoms with van der Waals surface area (Å²) in [5.41, 5.74) is 3.10. The van der Waals surface area contributed by atoms with Crippen molar-refractivity contribution < 1.29 is 9.59 Å². The van der Waals surface area contributed by atoms with Crippen LogP contribution in [0.1, 0.15) is 18.5 Å². The standard InChI is InChI=1S/C21H26N4O2/c1-14-10-19(17-6-4-5-7-18(17)22-14)24-11-15-8-9-16(12-24)25(21(15)27)13-20(26)23(2)3/h4-7,10,15-16H,8-9,11-13H2,1-3H3/t15-,16+/m0/s1. The number of hydrogen-bond acceptors (Lipinski definition) is 4. The summed E-state index contributed by atoms with van der Waals surface area (Å²) in [5.74, 6) is 0.0534. The van der Waals surface area contributed by atoms with Crippen molar-refractivity contribution in [3.05, 3.63) is 36.0 Å². The molecule has 1 aromatic carbocycles. The molecule has 6 nitrogen and oxygen atoms in total. The third-order valence-electron chi connectivity index (χ3n) is 5.76. The van der Waals surface area contributed by atoms with E-state index in [1.54, 1.807) is 19.0 Å². The minimum Gasteiger partial charge on any atom is -0.368 e. The van der Waals surface area contributed by atoms with Gasteiger partial charge in [-0.25, -0.2) is 0 Å². The zero-order valence-electron chi connectivity index (χ0n) is 16.2. The van der Waals surface area contributed by atoms with Crippen molar-refractivity contribution in [2.45, 2.75) is 25.8 Å². The second-order valence-electron chi connectivity index (χ2n) is 7.89. The van der Waals surface area contributed by atoms with Crippen LogP contribution in [0.3, 0.4) is 0 Å². The number of carbonyl (C=O) groups is 2. The number of para-hydroxylation sites is 1. The van der Waals surface area contributed by atoms with Gasteiger partial charge in [-0.1, -0.05) is 18.2 Å². The zero-order chi connectivity index (χ0) is 19.1. The van der Waals surface area contributed by atoms with Crippen LogP contribution in [-0.2, 0) is 9.59 Å². The summed E-state index contributed by atoms with van der Waals surface area (Å²) in [6.07, 6.45) is 1.85. The summed E-state index contributed by atoms with van der Waals surface area (Å²) in [7, 11) is 3.47. The molecule has 1 aromatic heterocycles. The fourth-order valence-electron chi connectivity index (χ4n) is 4.28. The number of likely N-dealkylation sites (N-methyl/N-ethyl adjacent to an activating group) is 1. The fraction of sp³-hybridized carbons (Fsp3) is 0.476. The summed E-state index contributed by atoms with van der Waals surface area (Å²) >= 11 is 0. The van der Waals surface area contributed by atoms with Gasteiger partial charge in [-0.15, -0.1) is 0 Å².